The van der Waals surface area contributed by atoms with Crippen LogP contribution in [0.3, 0.4) is 0 Å². The Bertz CT molecular complexity index is 694. The molecule has 6 heteroatoms. The van der Waals surface area contributed by atoms with Crippen molar-refractivity contribution >= 4 is 17.7 Å². The maximum absolute atomic E-state index is 12.5. The van der Waals surface area contributed by atoms with Gasteiger partial charge in [0.15, 0.2) is 0 Å². The van der Waals surface area contributed by atoms with Gasteiger partial charge >= 0.3 is 11.9 Å². The fraction of sp³-hybridized carbons (Fsp3) is 0.708. The fourth-order valence-electron chi connectivity index (χ4n) is 4.62. The number of ether oxygens (including phenoxy) is 1. The summed E-state index contributed by atoms with van der Waals surface area (Å²) in [6.07, 6.45) is 7.04. The second-order valence-electron chi connectivity index (χ2n) is 9.11. The van der Waals surface area contributed by atoms with Crippen molar-refractivity contribution in [2.75, 3.05) is 0 Å². The number of carbonyl (C=O) groups excluding carboxylic acids is 2. The number of hydrogen-bond acceptors (Lipinski definition) is 5. The summed E-state index contributed by atoms with van der Waals surface area (Å²) in [5, 5.41) is 18.5. The van der Waals surface area contributed by atoms with Gasteiger partial charge in [-0.3, -0.25) is 14.4 Å². The zero-order valence-corrected chi connectivity index (χ0v) is 18.5. The molecule has 0 fully saturated rings. The first-order chi connectivity index (χ1) is 14.1. The third-order valence-electron chi connectivity index (χ3n) is 6.51. The first-order valence-corrected chi connectivity index (χ1v) is 11.1. The zero-order valence-electron chi connectivity index (χ0n) is 18.5. The van der Waals surface area contributed by atoms with Crippen molar-refractivity contribution < 1.29 is 29.3 Å². The number of aliphatic hydroxyl groups is 1. The van der Waals surface area contributed by atoms with E-state index in [1.165, 1.54) is 5.57 Å². The lowest BCUT2D eigenvalue weighted by Crippen LogP contribution is -2.41. The molecule has 3 unspecified atom stereocenters. The summed E-state index contributed by atoms with van der Waals surface area (Å²) in [5.41, 5.74) is 1.18. The van der Waals surface area contributed by atoms with E-state index in [1.807, 2.05) is 13.8 Å². The molecule has 2 rings (SSSR count). The fourth-order valence-corrected chi connectivity index (χ4v) is 4.62. The number of carboxylic acid groups (broad SMARTS) is 1. The molecule has 30 heavy (non-hydrogen) atoms. The van der Waals surface area contributed by atoms with Crippen molar-refractivity contribution in [1.82, 2.24) is 0 Å². The van der Waals surface area contributed by atoms with Gasteiger partial charge in [-0.1, -0.05) is 45.9 Å². The van der Waals surface area contributed by atoms with Crippen LogP contribution in [-0.2, 0) is 19.1 Å². The molecule has 2 aliphatic carbocycles. The van der Waals surface area contributed by atoms with Crippen LogP contribution < -0.4 is 0 Å². The minimum atomic E-state index is -1.14. The molecule has 2 N–H and O–H groups in total. The molecule has 0 aromatic heterocycles. The monoisotopic (exact) mass is 420 g/mol. The standard InChI is InChI=1S/C24H36O6/c1-5-15(3)24(29)30-21-11-14(2)10-17-7-6-16(4)20(23(17)21)9-8-18(25)12-19(26)13-22(27)28/h6-7,10,14-16,19-21,23,26H,5,8-9,11-13H2,1-4H3,(H,27,28)/t14?,15-,16-,19+,20-,21?,23?/m0/s1. The highest BCUT2D eigenvalue weighted by Gasteiger charge is 2.41. The summed E-state index contributed by atoms with van der Waals surface area (Å²) >= 11 is 0. The number of aliphatic hydroxyl groups excluding tert-OH is 1. The van der Waals surface area contributed by atoms with Gasteiger partial charge in [-0.25, -0.2) is 0 Å². The van der Waals surface area contributed by atoms with Crippen molar-refractivity contribution in [3.63, 3.8) is 0 Å². The number of ketones is 1. The Morgan fingerprint density at radius 3 is 2.57 bits per heavy atom. The normalized spacial score (nSPS) is 30.0. The lowest BCUT2D eigenvalue weighted by atomic mass is 9.65. The predicted octanol–water partition coefficient (Wildman–Crippen LogP) is 3.92. The molecular formula is C24H36O6. The molecule has 0 saturated carbocycles. The van der Waals surface area contributed by atoms with E-state index in [-0.39, 0.29) is 54.4 Å². The van der Waals surface area contributed by atoms with E-state index in [4.69, 9.17) is 9.84 Å². The lowest BCUT2D eigenvalue weighted by molar-refractivity contribution is -0.158. The number of Topliss-reactive ketones (excluding diaryl/α,β-unsaturated/α-hetero) is 1. The van der Waals surface area contributed by atoms with E-state index in [1.54, 1.807) is 0 Å². The van der Waals surface area contributed by atoms with E-state index >= 15 is 0 Å². The van der Waals surface area contributed by atoms with Crippen LogP contribution in [0.2, 0.25) is 0 Å². The number of allylic oxidation sites excluding steroid dienone is 3. The van der Waals surface area contributed by atoms with Crippen LogP contribution in [-0.4, -0.2) is 40.1 Å². The van der Waals surface area contributed by atoms with E-state index < -0.39 is 18.5 Å². The van der Waals surface area contributed by atoms with Crippen molar-refractivity contribution in [2.24, 2.45) is 29.6 Å². The smallest absolute Gasteiger partial charge is 0.308 e. The first kappa shape index (κ1) is 24.3. The van der Waals surface area contributed by atoms with Crippen LogP contribution in [0.25, 0.3) is 0 Å². The van der Waals surface area contributed by atoms with Crippen molar-refractivity contribution in [3.8, 4) is 0 Å². The highest BCUT2D eigenvalue weighted by molar-refractivity contribution is 5.79. The predicted molar refractivity (Wildman–Crippen MR) is 114 cm³/mol. The number of carboxylic acids is 1. The molecule has 6 nitrogen and oxygen atoms in total. The molecule has 0 aromatic carbocycles. The van der Waals surface area contributed by atoms with Crippen LogP contribution in [0.5, 0.6) is 0 Å². The van der Waals surface area contributed by atoms with Gasteiger partial charge in [0.25, 0.3) is 0 Å². The van der Waals surface area contributed by atoms with Gasteiger partial charge in [-0.05, 0) is 42.6 Å². The lowest BCUT2D eigenvalue weighted by Gasteiger charge is -2.43. The highest BCUT2D eigenvalue weighted by Crippen LogP contribution is 2.45. The molecule has 0 spiro atoms. The summed E-state index contributed by atoms with van der Waals surface area (Å²) in [6, 6.07) is 0. The Hall–Kier alpha value is -1.95. The van der Waals surface area contributed by atoms with Crippen LogP contribution in [0.1, 0.15) is 66.2 Å². The van der Waals surface area contributed by atoms with Gasteiger partial charge in [0.1, 0.15) is 11.9 Å². The summed E-state index contributed by atoms with van der Waals surface area (Å²) in [4.78, 5) is 35.5. The molecule has 0 amide bonds. The molecule has 0 aliphatic heterocycles. The van der Waals surface area contributed by atoms with Gasteiger partial charge < -0.3 is 14.9 Å². The van der Waals surface area contributed by atoms with Gasteiger partial charge in [0, 0.05) is 18.8 Å². The van der Waals surface area contributed by atoms with E-state index in [0.29, 0.717) is 12.3 Å². The number of hydrogen-bond donors (Lipinski definition) is 2. The highest BCUT2D eigenvalue weighted by atomic mass is 16.5. The molecule has 2 aliphatic rings. The molecule has 0 radical (unpaired) electrons. The van der Waals surface area contributed by atoms with Crippen LogP contribution in [0, 0.1) is 29.6 Å². The number of carbonyl (C=O) groups is 3. The molecule has 0 heterocycles. The number of rotatable bonds is 10. The number of fused-ring (bicyclic) bond motifs is 1. The van der Waals surface area contributed by atoms with E-state index in [9.17, 15) is 19.5 Å². The maximum Gasteiger partial charge on any atom is 0.308 e. The quantitative estimate of drug-likeness (QED) is 0.520. The Balaban J connectivity index is 2.10. The second-order valence-corrected chi connectivity index (χ2v) is 9.11. The maximum atomic E-state index is 12.5. The Kier molecular flexibility index (Phi) is 8.83. The summed E-state index contributed by atoms with van der Waals surface area (Å²) in [5.74, 6) is -0.770. The van der Waals surface area contributed by atoms with Gasteiger partial charge in [0.05, 0.1) is 18.4 Å². The average Bonchev–Trinajstić information content (AvgIpc) is 2.65. The van der Waals surface area contributed by atoms with Gasteiger partial charge in [-0.15, -0.1) is 0 Å². The summed E-state index contributed by atoms with van der Waals surface area (Å²) < 4.78 is 5.97. The largest absolute Gasteiger partial charge is 0.481 e. The van der Waals surface area contributed by atoms with Crippen molar-refractivity contribution in [1.29, 1.82) is 0 Å². The number of aliphatic carboxylic acids is 1. The van der Waals surface area contributed by atoms with Crippen molar-refractivity contribution in [2.45, 2.75) is 78.4 Å². The third-order valence-corrected chi connectivity index (χ3v) is 6.51. The molecular weight excluding hydrogens is 384 g/mol. The van der Waals surface area contributed by atoms with Crippen LogP contribution >= 0.6 is 0 Å². The molecule has 168 valence electrons. The van der Waals surface area contributed by atoms with E-state index in [0.717, 1.165) is 12.8 Å². The van der Waals surface area contributed by atoms with Gasteiger partial charge in [0.2, 0.25) is 0 Å². The first-order valence-electron chi connectivity index (χ1n) is 11.1. The third kappa shape index (κ3) is 6.53. The van der Waals surface area contributed by atoms with Crippen LogP contribution in [0.15, 0.2) is 23.8 Å². The second kappa shape index (κ2) is 10.9. The minimum absolute atomic E-state index is 0.0611. The zero-order chi connectivity index (χ0) is 22.4. The topological polar surface area (TPSA) is 101 Å². The molecule has 0 aromatic rings. The van der Waals surface area contributed by atoms with Crippen molar-refractivity contribution in [3.05, 3.63) is 23.8 Å². The van der Waals surface area contributed by atoms with Gasteiger partial charge in [-0.2, -0.15) is 0 Å². The molecule has 7 atom stereocenters. The SMILES string of the molecule is CC[C@H](C)C(=O)OC1CC(C)C=C2C=C[C@H](C)[C@H](CCC(=O)C[C@@H](O)CC(=O)O)C21. The van der Waals surface area contributed by atoms with E-state index in [2.05, 4.69) is 32.1 Å². The average molecular weight is 421 g/mol. The Labute approximate surface area is 179 Å². The summed E-state index contributed by atoms with van der Waals surface area (Å²) in [7, 11) is 0. The summed E-state index contributed by atoms with van der Waals surface area (Å²) in [6.45, 7) is 8.10. The Morgan fingerprint density at radius 2 is 1.93 bits per heavy atom. The molecule has 0 saturated heterocycles. The minimum Gasteiger partial charge on any atom is -0.481 e. The Morgan fingerprint density at radius 1 is 1.23 bits per heavy atom. The van der Waals surface area contributed by atoms with Crippen LogP contribution in [0.4, 0.5) is 0 Å². The molecule has 0 bridgehead atoms. The number of esters is 1.